The van der Waals surface area contributed by atoms with E-state index in [0.717, 1.165) is 10.0 Å². The lowest BCUT2D eigenvalue weighted by Gasteiger charge is -1.95. The van der Waals surface area contributed by atoms with Crippen LogP contribution in [0.5, 0.6) is 0 Å². The van der Waals surface area contributed by atoms with E-state index in [1.165, 1.54) is 12.1 Å². The van der Waals surface area contributed by atoms with Crippen molar-refractivity contribution in [3.05, 3.63) is 40.1 Å². The van der Waals surface area contributed by atoms with Crippen LogP contribution in [0.15, 0.2) is 28.7 Å². The zero-order valence-electron chi connectivity index (χ0n) is 6.43. The van der Waals surface area contributed by atoms with Gasteiger partial charge in [-0.25, -0.2) is 4.39 Å². The minimum Gasteiger partial charge on any atom is -0.327 e. The number of hydrogen-bond donors (Lipinski definition) is 1. The molecule has 0 aliphatic carbocycles. The van der Waals surface area contributed by atoms with Crippen LogP contribution in [-0.4, -0.2) is 6.54 Å². The maximum Gasteiger partial charge on any atom is 0.124 e. The normalized spacial score (nSPS) is 10.9. The Kier molecular flexibility index (Phi) is 3.44. The van der Waals surface area contributed by atoms with Crippen LogP contribution in [0.4, 0.5) is 4.39 Å². The second kappa shape index (κ2) is 4.38. The molecule has 0 atom stereocenters. The third kappa shape index (κ3) is 2.75. The highest BCUT2D eigenvalue weighted by Gasteiger charge is 1.94. The van der Waals surface area contributed by atoms with Gasteiger partial charge in [0.05, 0.1) is 0 Å². The monoisotopic (exact) mass is 229 g/mol. The van der Waals surface area contributed by atoms with Crippen molar-refractivity contribution in [1.29, 1.82) is 0 Å². The van der Waals surface area contributed by atoms with Gasteiger partial charge in [-0.1, -0.05) is 28.1 Å². The molecule has 0 fully saturated rings. The van der Waals surface area contributed by atoms with Crippen molar-refractivity contribution >= 4 is 22.0 Å². The van der Waals surface area contributed by atoms with Crippen molar-refractivity contribution in [3.63, 3.8) is 0 Å². The van der Waals surface area contributed by atoms with Gasteiger partial charge in [0.1, 0.15) is 5.82 Å². The van der Waals surface area contributed by atoms with Crippen LogP contribution in [0.1, 0.15) is 5.56 Å². The standard InChI is InChI=1S/C9H9BrFN/c10-8-4-7(2-1-3-12)5-9(11)6-8/h1-2,4-6H,3,12H2. The van der Waals surface area contributed by atoms with Crippen molar-refractivity contribution in [3.8, 4) is 0 Å². The lowest BCUT2D eigenvalue weighted by Crippen LogP contribution is -1.92. The molecule has 0 aliphatic heterocycles. The van der Waals surface area contributed by atoms with Gasteiger partial charge >= 0.3 is 0 Å². The fourth-order valence-corrected chi connectivity index (χ4v) is 1.36. The van der Waals surface area contributed by atoms with Gasteiger partial charge in [0.25, 0.3) is 0 Å². The molecule has 0 saturated carbocycles. The maximum absolute atomic E-state index is 12.8. The van der Waals surface area contributed by atoms with E-state index in [-0.39, 0.29) is 5.82 Å². The van der Waals surface area contributed by atoms with Gasteiger partial charge in [-0.15, -0.1) is 0 Å². The topological polar surface area (TPSA) is 26.0 Å². The molecular weight excluding hydrogens is 221 g/mol. The van der Waals surface area contributed by atoms with Gasteiger partial charge in [0, 0.05) is 11.0 Å². The number of benzene rings is 1. The average molecular weight is 230 g/mol. The van der Waals surface area contributed by atoms with Crippen molar-refractivity contribution in [2.24, 2.45) is 5.73 Å². The first-order valence-corrected chi connectivity index (χ1v) is 4.34. The molecule has 3 heteroatoms. The minimum atomic E-state index is -0.249. The van der Waals surface area contributed by atoms with Crippen LogP contribution in [0.2, 0.25) is 0 Å². The van der Waals surface area contributed by atoms with Gasteiger partial charge in [0.15, 0.2) is 0 Å². The lowest BCUT2D eigenvalue weighted by molar-refractivity contribution is 0.626. The molecule has 1 nitrogen and oxygen atoms in total. The lowest BCUT2D eigenvalue weighted by atomic mass is 10.2. The van der Waals surface area contributed by atoms with Crippen molar-refractivity contribution < 1.29 is 4.39 Å². The fraction of sp³-hybridized carbons (Fsp3) is 0.111. The van der Waals surface area contributed by atoms with Gasteiger partial charge < -0.3 is 5.73 Å². The molecule has 0 spiro atoms. The molecule has 1 rings (SSSR count). The Balaban J connectivity index is 2.93. The third-order valence-corrected chi connectivity index (χ3v) is 1.79. The van der Waals surface area contributed by atoms with Crippen LogP contribution in [0, 0.1) is 5.82 Å². The van der Waals surface area contributed by atoms with E-state index in [0.29, 0.717) is 6.54 Å². The SMILES string of the molecule is NCC=Cc1cc(F)cc(Br)c1. The zero-order valence-corrected chi connectivity index (χ0v) is 8.01. The molecule has 2 N–H and O–H groups in total. The highest BCUT2D eigenvalue weighted by molar-refractivity contribution is 9.10. The number of rotatable bonds is 2. The van der Waals surface area contributed by atoms with Crippen LogP contribution in [0.25, 0.3) is 6.08 Å². The first kappa shape index (κ1) is 9.42. The molecule has 12 heavy (non-hydrogen) atoms. The molecule has 0 radical (unpaired) electrons. The molecule has 0 aliphatic rings. The van der Waals surface area contributed by atoms with Gasteiger partial charge in [-0.05, 0) is 23.8 Å². The second-order valence-corrected chi connectivity index (χ2v) is 3.26. The molecule has 0 amide bonds. The van der Waals surface area contributed by atoms with Crippen LogP contribution >= 0.6 is 15.9 Å². The van der Waals surface area contributed by atoms with Crippen molar-refractivity contribution in [2.45, 2.75) is 0 Å². The second-order valence-electron chi connectivity index (χ2n) is 2.34. The largest absolute Gasteiger partial charge is 0.327 e. The fourth-order valence-electron chi connectivity index (χ4n) is 0.876. The summed E-state index contributed by atoms with van der Waals surface area (Å²) in [4.78, 5) is 0. The van der Waals surface area contributed by atoms with E-state index in [9.17, 15) is 4.39 Å². The summed E-state index contributed by atoms with van der Waals surface area (Å²) in [6.45, 7) is 0.466. The summed E-state index contributed by atoms with van der Waals surface area (Å²) >= 11 is 3.20. The van der Waals surface area contributed by atoms with Crippen LogP contribution in [-0.2, 0) is 0 Å². The Bertz CT molecular complexity index is 276. The molecule has 0 unspecified atom stereocenters. The molecule has 0 heterocycles. The van der Waals surface area contributed by atoms with Crippen LogP contribution < -0.4 is 5.73 Å². The summed E-state index contributed by atoms with van der Waals surface area (Å²) in [6.07, 6.45) is 3.56. The highest BCUT2D eigenvalue weighted by Crippen LogP contribution is 2.15. The summed E-state index contributed by atoms with van der Waals surface area (Å²) in [5.74, 6) is -0.249. The summed E-state index contributed by atoms with van der Waals surface area (Å²) in [5, 5.41) is 0. The number of nitrogens with two attached hydrogens (primary N) is 1. The van der Waals surface area contributed by atoms with Crippen LogP contribution in [0.3, 0.4) is 0 Å². The summed E-state index contributed by atoms with van der Waals surface area (Å²) in [7, 11) is 0. The molecule has 0 aromatic heterocycles. The Hall–Kier alpha value is -0.670. The van der Waals surface area contributed by atoms with Crippen molar-refractivity contribution in [1.82, 2.24) is 0 Å². The average Bonchev–Trinajstić information content (AvgIpc) is 1.99. The third-order valence-electron chi connectivity index (χ3n) is 1.33. The van der Waals surface area contributed by atoms with E-state index in [1.807, 2.05) is 6.07 Å². The molecule has 1 aromatic carbocycles. The minimum absolute atomic E-state index is 0.249. The first-order chi connectivity index (χ1) is 5.72. The molecular formula is C9H9BrFN. The summed E-state index contributed by atoms with van der Waals surface area (Å²) < 4.78 is 13.5. The maximum atomic E-state index is 12.8. The van der Waals surface area contributed by atoms with Gasteiger partial charge in [-0.3, -0.25) is 0 Å². The Morgan fingerprint density at radius 1 is 1.42 bits per heavy atom. The zero-order chi connectivity index (χ0) is 8.97. The molecule has 64 valence electrons. The molecule has 0 bridgehead atoms. The molecule has 1 aromatic rings. The van der Waals surface area contributed by atoms with E-state index in [4.69, 9.17) is 5.73 Å². The van der Waals surface area contributed by atoms with E-state index < -0.39 is 0 Å². The van der Waals surface area contributed by atoms with Crippen molar-refractivity contribution in [2.75, 3.05) is 6.54 Å². The Morgan fingerprint density at radius 3 is 2.75 bits per heavy atom. The summed E-state index contributed by atoms with van der Waals surface area (Å²) in [5.41, 5.74) is 6.07. The van der Waals surface area contributed by atoms with E-state index >= 15 is 0 Å². The molecule has 0 saturated heterocycles. The predicted octanol–water partition coefficient (Wildman–Crippen LogP) is 2.56. The predicted molar refractivity (Wildman–Crippen MR) is 52.2 cm³/mol. The Labute approximate surface area is 79.2 Å². The number of halogens is 2. The Morgan fingerprint density at radius 2 is 2.17 bits per heavy atom. The quantitative estimate of drug-likeness (QED) is 0.830. The van der Waals surface area contributed by atoms with Gasteiger partial charge in [0.2, 0.25) is 0 Å². The van der Waals surface area contributed by atoms with Gasteiger partial charge in [-0.2, -0.15) is 0 Å². The summed E-state index contributed by atoms with van der Waals surface area (Å²) in [6, 6.07) is 4.70. The van der Waals surface area contributed by atoms with E-state index in [1.54, 1.807) is 12.2 Å². The smallest absolute Gasteiger partial charge is 0.124 e. The highest BCUT2D eigenvalue weighted by atomic mass is 79.9. The first-order valence-electron chi connectivity index (χ1n) is 3.55. The van der Waals surface area contributed by atoms with E-state index in [2.05, 4.69) is 15.9 Å². The number of hydrogen-bond acceptors (Lipinski definition) is 1.